The summed E-state index contributed by atoms with van der Waals surface area (Å²) >= 11 is 5.82. The maximum absolute atomic E-state index is 12.5. The van der Waals surface area contributed by atoms with Gasteiger partial charge in [0.05, 0.1) is 11.5 Å². The number of ether oxygens (including phenoxy) is 1. The zero-order valence-corrected chi connectivity index (χ0v) is 18.6. The predicted octanol–water partition coefficient (Wildman–Crippen LogP) is 3.78. The highest BCUT2D eigenvalue weighted by atomic mass is 35.5. The Morgan fingerprint density at radius 2 is 1.80 bits per heavy atom. The van der Waals surface area contributed by atoms with E-state index in [4.69, 9.17) is 16.3 Å². The fourth-order valence-corrected chi connectivity index (χ4v) is 4.86. The molecule has 1 fully saturated rings. The van der Waals surface area contributed by atoms with Crippen molar-refractivity contribution in [2.75, 3.05) is 19.7 Å². The molecule has 0 saturated carbocycles. The van der Waals surface area contributed by atoms with Gasteiger partial charge in [-0.3, -0.25) is 4.79 Å². The number of carbonyl (C=O) groups excluding carboxylic acids is 1. The molecule has 6 nitrogen and oxygen atoms in total. The number of nitrogens with zero attached hydrogens (tertiary/aromatic N) is 1. The summed E-state index contributed by atoms with van der Waals surface area (Å²) in [5.41, 5.74) is 1.08. The first kappa shape index (κ1) is 22.6. The molecule has 162 valence electrons. The third kappa shape index (κ3) is 6.20. The molecule has 0 unspecified atom stereocenters. The van der Waals surface area contributed by atoms with Gasteiger partial charge in [0.2, 0.25) is 15.9 Å². The highest BCUT2D eigenvalue weighted by molar-refractivity contribution is 7.89. The zero-order chi connectivity index (χ0) is 21.6. The second-order valence-electron chi connectivity index (χ2n) is 7.45. The first-order valence-corrected chi connectivity index (χ1v) is 12.0. The molecule has 0 atom stereocenters. The number of hydrogen-bond acceptors (Lipinski definition) is 4. The lowest BCUT2D eigenvalue weighted by Crippen LogP contribution is -2.46. The number of halogens is 1. The van der Waals surface area contributed by atoms with Crippen molar-refractivity contribution in [3.8, 4) is 5.75 Å². The lowest BCUT2D eigenvalue weighted by Gasteiger charge is -2.32. The molecule has 1 N–H and O–H groups in total. The van der Waals surface area contributed by atoms with Crippen molar-refractivity contribution in [2.24, 2.45) is 0 Å². The van der Waals surface area contributed by atoms with E-state index in [0.29, 0.717) is 50.4 Å². The van der Waals surface area contributed by atoms with Gasteiger partial charge < -0.3 is 9.64 Å². The minimum absolute atomic E-state index is 0.0855. The van der Waals surface area contributed by atoms with Crippen LogP contribution in [-0.4, -0.2) is 45.0 Å². The third-order valence-electron chi connectivity index (χ3n) is 5.18. The molecule has 1 aliphatic heterocycles. The molecule has 1 saturated heterocycles. The molecule has 2 aromatic carbocycles. The third-order valence-corrected chi connectivity index (χ3v) is 6.97. The summed E-state index contributed by atoms with van der Waals surface area (Å²) in [6.45, 7) is 3.58. The van der Waals surface area contributed by atoms with Gasteiger partial charge in [-0.25, -0.2) is 13.1 Å². The summed E-state index contributed by atoms with van der Waals surface area (Å²) in [5.74, 6) is 0.932. The number of carbonyl (C=O) groups is 1. The van der Waals surface area contributed by atoms with Crippen molar-refractivity contribution in [3.63, 3.8) is 0 Å². The largest absolute Gasteiger partial charge is 0.493 e. The molecule has 1 aliphatic rings. The average molecular weight is 451 g/mol. The highest BCUT2D eigenvalue weighted by Crippen LogP contribution is 2.19. The fraction of sp³-hybridized carbons (Fsp3) is 0.409. The lowest BCUT2D eigenvalue weighted by molar-refractivity contribution is -0.132. The number of rotatable bonds is 8. The monoisotopic (exact) mass is 450 g/mol. The summed E-state index contributed by atoms with van der Waals surface area (Å²) in [4.78, 5) is 14.4. The van der Waals surface area contributed by atoms with E-state index in [9.17, 15) is 13.2 Å². The zero-order valence-electron chi connectivity index (χ0n) is 17.0. The van der Waals surface area contributed by atoms with Crippen molar-refractivity contribution in [1.82, 2.24) is 9.62 Å². The van der Waals surface area contributed by atoms with Crippen LogP contribution in [-0.2, 0) is 14.8 Å². The van der Waals surface area contributed by atoms with E-state index in [1.807, 2.05) is 31.2 Å². The van der Waals surface area contributed by atoms with Crippen molar-refractivity contribution < 1.29 is 17.9 Å². The molecule has 0 radical (unpaired) electrons. The van der Waals surface area contributed by atoms with Crippen LogP contribution in [0.2, 0.25) is 5.02 Å². The van der Waals surface area contributed by atoms with E-state index < -0.39 is 10.0 Å². The second kappa shape index (κ2) is 10.3. The van der Waals surface area contributed by atoms with Gasteiger partial charge in [-0.05, 0) is 62.1 Å². The molecule has 1 amide bonds. The number of amides is 1. The van der Waals surface area contributed by atoms with Crippen LogP contribution in [0.3, 0.4) is 0 Å². The number of piperidine rings is 1. The molecule has 2 aromatic rings. The van der Waals surface area contributed by atoms with Gasteiger partial charge in [-0.2, -0.15) is 0 Å². The standard InChI is InChI=1S/C22H27ClN2O4S/c1-17-5-2-3-6-21(17)29-16-4-7-22(26)25-14-12-19(13-15-25)24-30(27,28)20-10-8-18(23)9-11-20/h2-3,5-6,8-11,19,24H,4,7,12-16H2,1H3. The normalized spacial score (nSPS) is 15.2. The molecule has 0 bridgehead atoms. The van der Waals surface area contributed by atoms with E-state index in [1.54, 1.807) is 17.0 Å². The summed E-state index contributed by atoms with van der Waals surface area (Å²) in [6.07, 6.45) is 2.26. The van der Waals surface area contributed by atoms with Crippen molar-refractivity contribution >= 4 is 27.5 Å². The van der Waals surface area contributed by atoms with E-state index in [-0.39, 0.29) is 16.8 Å². The molecule has 8 heteroatoms. The predicted molar refractivity (Wildman–Crippen MR) is 117 cm³/mol. The average Bonchev–Trinajstić information content (AvgIpc) is 2.73. The van der Waals surface area contributed by atoms with E-state index in [2.05, 4.69) is 4.72 Å². The van der Waals surface area contributed by atoms with Crippen LogP contribution < -0.4 is 9.46 Å². The van der Waals surface area contributed by atoms with E-state index in [0.717, 1.165) is 11.3 Å². The Hall–Kier alpha value is -2.09. The minimum Gasteiger partial charge on any atom is -0.493 e. The van der Waals surface area contributed by atoms with Gasteiger partial charge in [-0.15, -0.1) is 0 Å². The fourth-order valence-electron chi connectivity index (χ4n) is 3.43. The Morgan fingerprint density at radius 3 is 2.47 bits per heavy atom. The Kier molecular flexibility index (Phi) is 7.75. The van der Waals surface area contributed by atoms with Crippen LogP contribution in [0.1, 0.15) is 31.2 Å². The van der Waals surface area contributed by atoms with Crippen molar-refractivity contribution in [3.05, 3.63) is 59.1 Å². The van der Waals surface area contributed by atoms with Gasteiger partial charge in [0.1, 0.15) is 5.75 Å². The van der Waals surface area contributed by atoms with Gasteiger partial charge in [0, 0.05) is 30.6 Å². The maximum atomic E-state index is 12.5. The molecule has 0 spiro atoms. The summed E-state index contributed by atoms with van der Waals surface area (Å²) in [5, 5.41) is 0.491. The number of hydrogen-bond donors (Lipinski definition) is 1. The summed E-state index contributed by atoms with van der Waals surface area (Å²) in [7, 11) is -3.59. The number of sulfonamides is 1. The molecular weight excluding hydrogens is 424 g/mol. The van der Waals surface area contributed by atoms with Crippen LogP contribution >= 0.6 is 11.6 Å². The number of likely N-dealkylation sites (tertiary alicyclic amines) is 1. The highest BCUT2D eigenvalue weighted by Gasteiger charge is 2.26. The molecular formula is C22H27ClN2O4S. The van der Waals surface area contributed by atoms with E-state index >= 15 is 0 Å². The van der Waals surface area contributed by atoms with Crippen LogP contribution in [0, 0.1) is 6.92 Å². The number of aryl methyl sites for hydroxylation is 1. The number of para-hydroxylation sites is 1. The molecule has 30 heavy (non-hydrogen) atoms. The van der Waals surface area contributed by atoms with Gasteiger partial charge in [0.15, 0.2) is 0 Å². The van der Waals surface area contributed by atoms with Crippen LogP contribution in [0.5, 0.6) is 5.75 Å². The first-order valence-electron chi connectivity index (χ1n) is 10.1. The quantitative estimate of drug-likeness (QED) is 0.621. The van der Waals surface area contributed by atoms with Crippen LogP contribution in [0.4, 0.5) is 0 Å². The SMILES string of the molecule is Cc1ccccc1OCCCC(=O)N1CCC(NS(=O)(=O)c2ccc(Cl)cc2)CC1. The Labute approximate surface area is 183 Å². The number of nitrogens with one attached hydrogen (secondary N) is 1. The summed E-state index contributed by atoms with van der Waals surface area (Å²) < 4.78 is 33.5. The molecule has 0 aromatic heterocycles. The molecule has 3 rings (SSSR count). The molecule has 1 heterocycles. The second-order valence-corrected chi connectivity index (χ2v) is 9.60. The smallest absolute Gasteiger partial charge is 0.240 e. The van der Waals surface area contributed by atoms with E-state index in [1.165, 1.54) is 12.1 Å². The van der Waals surface area contributed by atoms with Gasteiger partial charge in [-0.1, -0.05) is 29.8 Å². The Bertz CT molecular complexity index is 955. The Balaban J connectivity index is 1.40. The molecule has 0 aliphatic carbocycles. The minimum atomic E-state index is -3.59. The van der Waals surface area contributed by atoms with Crippen LogP contribution in [0.25, 0.3) is 0 Å². The van der Waals surface area contributed by atoms with Crippen molar-refractivity contribution in [1.29, 1.82) is 0 Å². The lowest BCUT2D eigenvalue weighted by atomic mass is 10.1. The van der Waals surface area contributed by atoms with Crippen LogP contribution in [0.15, 0.2) is 53.4 Å². The first-order chi connectivity index (χ1) is 14.3. The number of benzene rings is 2. The van der Waals surface area contributed by atoms with Gasteiger partial charge in [0.25, 0.3) is 0 Å². The van der Waals surface area contributed by atoms with Gasteiger partial charge >= 0.3 is 0 Å². The summed E-state index contributed by atoms with van der Waals surface area (Å²) in [6, 6.07) is 13.7. The maximum Gasteiger partial charge on any atom is 0.240 e. The Morgan fingerprint density at radius 1 is 1.13 bits per heavy atom. The van der Waals surface area contributed by atoms with Crippen molar-refractivity contribution in [2.45, 2.75) is 43.5 Å². The topological polar surface area (TPSA) is 75.7 Å².